The van der Waals surface area contributed by atoms with Crippen LogP contribution in [0.5, 0.6) is 0 Å². The molecule has 0 spiro atoms. The molecule has 1 aliphatic rings. The Kier molecular flexibility index (Phi) is 6.05. The van der Waals surface area contributed by atoms with Crippen molar-refractivity contribution in [3.8, 4) is 0 Å². The Hall–Kier alpha value is -0.650. The number of carbonyl (C=O) groups is 1. The van der Waals surface area contributed by atoms with Crippen LogP contribution in [-0.4, -0.2) is 44.0 Å². The van der Waals surface area contributed by atoms with E-state index in [1.165, 1.54) is 0 Å². The highest BCUT2D eigenvalue weighted by Crippen LogP contribution is 2.16. The molecule has 1 fully saturated rings. The first-order valence-corrected chi connectivity index (χ1v) is 6.67. The zero-order chi connectivity index (χ0) is 13.6. The molecule has 1 amide bonds. The fourth-order valence-corrected chi connectivity index (χ4v) is 1.61. The Morgan fingerprint density at radius 2 is 1.94 bits per heavy atom. The molecule has 0 saturated carbocycles. The predicted octanol–water partition coefficient (Wildman–Crippen LogP) is 0.890. The van der Waals surface area contributed by atoms with Crippen LogP contribution in [0.3, 0.4) is 0 Å². The maximum atomic E-state index is 11.5. The lowest BCUT2D eigenvalue weighted by Gasteiger charge is -2.35. The Balaban J connectivity index is 2.06. The van der Waals surface area contributed by atoms with Crippen molar-refractivity contribution in [2.24, 2.45) is 5.92 Å². The number of hydrogen-bond acceptors (Lipinski definition) is 4. The second-order valence-corrected chi connectivity index (χ2v) is 5.62. The van der Waals surface area contributed by atoms with Crippen LogP contribution in [0.25, 0.3) is 0 Å². The SMILES string of the molecule is CC(C)CNC(=O)CCNC1COC(C)(C)OC1. The van der Waals surface area contributed by atoms with Gasteiger partial charge in [0.15, 0.2) is 5.79 Å². The third kappa shape index (κ3) is 6.33. The number of rotatable bonds is 6. The van der Waals surface area contributed by atoms with Crippen LogP contribution in [0.4, 0.5) is 0 Å². The molecule has 5 nitrogen and oxygen atoms in total. The summed E-state index contributed by atoms with van der Waals surface area (Å²) in [5, 5.41) is 6.16. The smallest absolute Gasteiger partial charge is 0.221 e. The molecule has 18 heavy (non-hydrogen) atoms. The minimum absolute atomic E-state index is 0.0918. The molecule has 1 saturated heterocycles. The fraction of sp³-hybridized carbons (Fsp3) is 0.923. The number of nitrogens with one attached hydrogen (secondary N) is 2. The minimum atomic E-state index is -0.479. The molecular formula is C13H26N2O3. The van der Waals surface area contributed by atoms with E-state index in [0.29, 0.717) is 32.1 Å². The molecule has 5 heteroatoms. The Morgan fingerprint density at radius 3 is 2.50 bits per heavy atom. The summed E-state index contributed by atoms with van der Waals surface area (Å²) in [5.74, 6) is 0.103. The van der Waals surface area contributed by atoms with E-state index in [2.05, 4.69) is 24.5 Å². The molecule has 2 N–H and O–H groups in total. The molecule has 0 aromatic rings. The summed E-state index contributed by atoms with van der Waals surface area (Å²) >= 11 is 0. The van der Waals surface area contributed by atoms with Gasteiger partial charge in [-0.1, -0.05) is 13.8 Å². The predicted molar refractivity (Wildman–Crippen MR) is 70.2 cm³/mol. The summed E-state index contributed by atoms with van der Waals surface area (Å²) in [6.07, 6.45) is 0.493. The van der Waals surface area contributed by atoms with Gasteiger partial charge in [0, 0.05) is 19.5 Å². The van der Waals surface area contributed by atoms with Crippen LogP contribution in [0.1, 0.15) is 34.1 Å². The average molecular weight is 258 g/mol. The molecule has 1 heterocycles. The third-order valence-corrected chi connectivity index (χ3v) is 2.76. The van der Waals surface area contributed by atoms with Crippen molar-refractivity contribution in [1.29, 1.82) is 0 Å². The lowest BCUT2D eigenvalue weighted by Crippen LogP contribution is -2.49. The molecule has 106 valence electrons. The number of carbonyl (C=O) groups excluding carboxylic acids is 1. The molecule has 1 aliphatic heterocycles. The van der Waals surface area contributed by atoms with Gasteiger partial charge in [-0.05, 0) is 19.8 Å². The summed E-state index contributed by atoms with van der Waals surface area (Å²) < 4.78 is 11.1. The van der Waals surface area contributed by atoms with E-state index in [1.807, 2.05) is 13.8 Å². The van der Waals surface area contributed by atoms with Crippen LogP contribution < -0.4 is 10.6 Å². The van der Waals surface area contributed by atoms with Gasteiger partial charge in [0.2, 0.25) is 5.91 Å². The van der Waals surface area contributed by atoms with E-state index in [0.717, 1.165) is 6.54 Å². The zero-order valence-corrected chi connectivity index (χ0v) is 11.9. The van der Waals surface area contributed by atoms with Gasteiger partial charge in [0.05, 0.1) is 19.3 Å². The van der Waals surface area contributed by atoms with Gasteiger partial charge in [-0.3, -0.25) is 4.79 Å². The van der Waals surface area contributed by atoms with E-state index in [9.17, 15) is 4.79 Å². The van der Waals surface area contributed by atoms with Crippen molar-refractivity contribution >= 4 is 5.91 Å². The van der Waals surface area contributed by atoms with Crippen LogP contribution in [0.2, 0.25) is 0 Å². The Bertz CT molecular complexity index is 257. The standard InChI is InChI=1S/C13H26N2O3/c1-10(2)7-15-12(16)5-6-14-11-8-17-13(3,4)18-9-11/h10-11,14H,5-9H2,1-4H3,(H,15,16). The monoisotopic (exact) mass is 258 g/mol. The van der Waals surface area contributed by atoms with E-state index in [1.54, 1.807) is 0 Å². The molecule has 0 aromatic heterocycles. The van der Waals surface area contributed by atoms with Crippen molar-refractivity contribution in [3.05, 3.63) is 0 Å². The quantitative estimate of drug-likeness (QED) is 0.743. The summed E-state index contributed by atoms with van der Waals surface area (Å²) in [4.78, 5) is 11.5. The van der Waals surface area contributed by atoms with Gasteiger partial charge in [-0.2, -0.15) is 0 Å². The molecule has 0 atom stereocenters. The van der Waals surface area contributed by atoms with E-state index in [4.69, 9.17) is 9.47 Å². The van der Waals surface area contributed by atoms with Crippen LogP contribution in [0, 0.1) is 5.92 Å². The first kappa shape index (κ1) is 15.4. The fourth-order valence-electron chi connectivity index (χ4n) is 1.61. The lowest BCUT2D eigenvalue weighted by atomic mass is 10.2. The average Bonchev–Trinajstić information content (AvgIpc) is 2.29. The summed E-state index contributed by atoms with van der Waals surface area (Å²) in [6, 6.07) is 0.177. The van der Waals surface area contributed by atoms with Gasteiger partial charge in [0.25, 0.3) is 0 Å². The molecule has 1 rings (SSSR count). The topological polar surface area (TPSA) is 59.6 Å². The highest BCUT2D eigenvalue weighted by atomic mass is 16.7. The van der Waals surface area contributed by atoms with Gasteiger partial charge < -0.3 is 20.1 Å². The zero-order valence-electron chi connectivity index (χ0n) is 11.9. The van der Waals surface area contributed by atoms with Crippen molar-refractivity contribution in [3.63, 3.8) is 0 Å². The van der Waals surface area contributed by atoms with Crippen LogP contribution in [-0.2, 0) is 14.3 Å². The second kappa shape index (κ2) is 7.07. The van der Waals surface area contributed by atoms with E-state index < -0.39 is 5.79 Å². The Labute approximate surface area is 110 Å². The van der Waals surface area contributed by atoms with Crippen molar-refractivity contribution in [2.45, 2.75) is 45.9 Å². The first-order valence-electron chi connectivity index (χ1n) is 6.67. The highest BCUT2D eigenvalue weighted by molar-refractivity contribution is 5.76. The van der Waals surface area contributed by atoms with Crippen LogP contribution in [0.15, 0.2) is 0 Å². The van der Waals surface area contributed by atoms with Gasteiger partial charge in [-0.25, -0.2) is 0 Å². The molecule has 0 aliphatic carbocycles. The first-order chi connectivity index (χ1) is 8.39. The van der Waals surface area contributed by atoms with Crippen LogP contribution >= 0.6 is 0 Å². The molecule has 0 unspecified atom stereocenters. The number of ether oxygens (including phenoxy) is 2. The number of amides is 1. The third-order valence-electron chi connectivity index (χ3n) is 2.76. The van der Waals surface area contributed by atoms with Gasteiger partial charge >= 0.3 is 0 Å². The molecule has 0 aromatic carbocycles. The maximum Gasteiger partial charge on any atom is 0.221 e. The van der Waals surface area contributed by atoms with E-state index in [-0.39, 0.29) is 11.9 Å². The second-order valence-electron chi connectivity index (χ2n) is 5.62. The highest BCUT2D eigenvalue weighted by Gasteiger charge is 2.27. The van der Waals surface area contributed by atoms with Gasteiger partial charge in [0.1, 0.15) is 0 Å². The van der Waals surface area contributed by atoms with Crippen molar-refractivity contribution < 1.29 is 14.3 Å². The Morgan fingerprint density at radius 1 is 1.33 bits per heavy atom. The van der Waals surface area contributed by atoms with Gasteiger partial charge in [-0.15, -0.1) is 0 Å². The number of hydrogen-bond donors (Lipinski definition) is 2. The van der Waals surface area contributed by atoms with E-state index >= 15 is 0 Å². The minimum Gasteiger partial charge on any atom is -0.356 e. The molecular weight excluding hydrogens is 232 g/mol. The summed E-state index contributed by atoms with van der Waals surface area (Å²) in [7, 11) is 0. The summed E-state index contributed by atoms with van der Waals surface area (Å²) in [6.45, 7) is 10.6. The normalized spacial score (nSPS) is 20.1. The van der Waals surface area contributed by atoms with Crippen molar-refractivity contribution in [1.82, 2.24) is 10.6 Å². The lowest BCUT2D eigenvalue weighted by molar-refractivity contribution is -0.252. The largest absolute Gasteiger partial charge is 0.356 e. The molecule has 0 radical (unpaired) electrons. The summed E-state index contributed by atoms with van der Waals surface area (Å²) in [5.41, 5.74) is 0. The molecule has 0 bridgehead atoms. The van der Waals surface area contributed by atoms with Crippen molar-refractivity contribution in [2.75, 3.05) is 26.3 Å². The maximum absolute atomic E-state index is 11.5.